The van der Waals surface area contributed by atoms with Crippen molar-refractivity contribution < 1.29 is 9.84 Å². The van der Waals surface area contributed by atoms with Crippen LogP contribution in [0.4, 0.5) is 5.69 Å². The molecule has 0 saturated carbocycles. The number of fused-ring (bicyclic) bond motifs is 1. The molecule has 0 aliphatic carbocycles. The number of hydrogen-bond acceptors (Lipinski definition) is 7. The zero-order valence-corrected chi connectivity index (χ0v) is 17.5. The second-order valence-corrected chi connectivity index (χ2v) is 8.41. The van der Waals surface area contributed by atoms with E-state index >= 15 is 0 Å². The van der Waals surface area contributed by atoms with Crippen molar-refractivity contribution in [1.82, 2.24) is 15.0 Å². The van der Waals surface area contributed by atoms with E-state index in [0.29, 0.717) is 5.01 Å². The van der Waals surface area contributed by atoms with Crippen molar-refractivity contribution >= 4 is 27.9 Å². The Labute approximate surface area is 178 Å². The molecule has 3 heterocycles. The van der Waals surface area contributed by atoms with Crippen LogP contribution in [0.15, 0.2) is 60.4 Å². The predicted molar refractivity (Wildman–Crippen MR) is 119 cm³/mol. The summed E-state index contributed by atoms with van der Waals surface area (Å²) >= 11 is 1.44. The molecule has 1 aliphatic rings. The van der Waals surface area contributed by atoms with Gasteiger partial charge in [0.1, 0.15) is 16.9 Å². The first-order chi connectivity index (χ1) is 14.6. The standard InChI is InChI=1S/C23H22N4O2S/c1-23(28,22-24-7-12-30-22)17-4-2-3-16(13-17)21-19-6-5-18(14-20(19)25-15-26-21)27-8-10-29-11-9-27/h2-7,12-15,28H,8-11H2,1H3. The highest BCUT2D eigenvalue weighted by atomic mass is 32.1. The van der Waals surface area contributed by atoms with Crippen LogP contribution in [0.3, 0.4) is 0 Å². The first-order valence-electron chi connectivity index (χ1n) is 9.93. The number of thiazole rings is 1. The summed E-state index contributed by atoms with van der Waals surface area (Å²) < 4.78 is 5.46. The molecule has 0 bridgehead atoms. The molecule has 1 N–H and O–H groups in total. The van der Waals surface area contributed by atoms with Crippen LogP contribution < -0.4 is 4.90 Å². The Morgan fingerprint density at radius 1 is 1.07 bits per heavy atom. The van der Waals surface area contributed by atoms with Gasteiger partial charge in [0.15, 0.2) is 0 Å². The van der Waals surface area contributed by atoms with Crippen molar-refractivity contribution in [2.24, 2.45) is 0 Å². The molecule has 4 aromatic rings. The molecular weight excluding hydrogens is 396 g/mol. The first-order valence-corrected chi connectivity index (χ1v) is 10.8. The SMILES string of the molecule is CC(O)(c1cccc(-c2ncnc3cc(N4CCOCC4)ccc23)c1)c1nccs1. The van der Waals surface area contributed by atoms with Gasteiger partial charge in [-0.1, -0.05) is 18.2 Å². The fourth-order valence-corrected chi connectivity index (χ4v) is 4.57. The Bertz CT molecular complexity index is 1170. The maximum Gasteiger partial charge on any atom is 0.138 e. The molecule has 0 spiro atoms. The lowest BCUT2D eigenvalue weighted by Gasteiger charge is -2.29. The second kappa shape index (κ2) is 7.75. The summed E-state index contributed by atoms with van der Waals surface area (Å²) in [6.07, 6.45) is 3.31. The van der Waals surface area contributed by atoms with Crippen molar-refractivity contribution in [3.8, 4) is 11.3 Å². The van der Waals surface area contributed by atoms with E-state index in [2.05, 4.69) is 38.1 Å². The van der Waals surface area contributed by atoms with Gasteiger partial charge in [-0.05, 0) is 36.8 Å². The summed E-state index contributed by atoms with van der Waals surface area (Å²) in [6.45, 7) is 5.05. The summed E-state index contributed by atoms with van der Waals surface area (Å²) in [5, 5.41) is 14.6. The minimum Gasteiger partial charge on any atom is -0.378 e. The van der Waals surface area contributed by atoms with Crippen LogP contribution in [-0.4, -0.2) is 46.4 Å². The minimum atomic E-state index is -1.16. The molecule has 1 fully saturated rings. The van der Waals surface area contributed by atoms with Crippen LogP contribution >= 0.6 is 11.3 Å². The Morgan fingerprint density at radius 3 is 2.73 bits per heavy atom. The van der Waals surface area contributed by atoms with Gasteiger partial charge in [-0.15, -0.1) is 11.3 Å². The summed E-state index contributed by atoms with van der Waals surface area (Å²) in [6, 6.07) is 14.2. The fraction of sp³-hybridized carbons (Fsp3) is 0.261. The van der Waals surface area contributed by atoms with E-state index in [-0.39, 0.29) is 0 Å². The van der Waals surface area contributed by atoms with E-state index in [9.17, 15) is 5.11 Å². The van der Waals surface area contributed by atoms with Crippen LogP contribution in [0.1, 0.15) is 17.5 Å². The Kier molecular flexibility index (Phi) is 4.94. The summed E-state index contributed by atoms with van der Waals surface area (Å²) in [7, 11) is 0. The maximum absolute atomic E-state index is 11.1. The third-order valence-electron chi connectivity index (χ3n) is 5.54. The van der Waals surface area contributed by atoms with Gasteiger partial charge in [0.25, 0.3) is 0 Å². The highest BCUT2D eigenvalue weighted by Gasteiger charge is 2.28. The number of aliphatic hydroxyl groups is 1. The molecule has 0 amide bonds. The van der Waals surface area contributed by atoms with E-state index in [1.54, 1.807) is 19.4 Å². The Balaban J connectivity index is 1.55. The average molecular weight is 419 g/mol. The molecule has 1 unspecified atom stereocenters. The number of rotatable bonds is 4. The Hall–Kier alpha value is -2.87. The quantitative estimate of drug-likeness (QED) is 0.543. The number of aromatic nitrogens is 3. The van der Waals surface area contributed by atoms with Gasteiger partial charge in [0.2, 0.25) is 0 Å². The Morgan fingerprint density at radius 2 is 1.93 bits per heavy atom. The summed E-state index contributed by atoms with van der Waals surface area (Å²) in [4.78, 5) is 15.7. The third kappa shape index (κ3) is 3.45. The molecule has 1 atom stereocenters. The van der Waals surface area contributed by atoms with Crippen molar-refractivity contribution in [2.45, 2.75) is 12.5 Å². The van der Waals surface area contributed by atoms with Gasteiger partial charge in [0, 0.05) is 41.3 Å². The number of hydrogen-bond donors (Lipinski definition) is 1. The van der Waals surface area contributed by atoms with Crippen LogP contribution in [0.5, 0.6) is 0 Å². The number of anilines is 1. The molecule has 1 aliphatic heterocycles. The van der Waals surface area contributed by atoms with Crippen LogP contribution in [0.2, 0.25) is 0 Å². The van der Waals surface area contributed by atoms with Crippen molar-refractivity contribution in [1.29, 1.82) is 0 Å². The van der Waals surface area contributed by atoms with Gasteiger partial charge in [-0.25, -0.2) is 15.0 Å². The number of benzene rings is 2. The van der Waals surface area contributed by atoms with Crippen LogP contribution in [0.25, 0.3) is 22.2 Å². The monoisotopic (exact) mass is 418 g/mol. The average Bonchev–Trinajstić information content (AvgIpc) is 3.35. The highest BCUT2D eigenvalue weighted by Crippen LogP contribution is 2.34. The van der Waals surface area contributed by atoms with Crippen molar-refractivity contribution in [3.63, 3.8) is 0 Å². The smallest absolute Gasteiger partial charge is 0.138 e. The number of morpholine rings is 1. The second-order valence-electron chi connectivity index (χ2n) is 7.51. The first kappa shape index (κ1) is 19.1. The largest absolute Gasteiger partial charge is 0.378 e. The lowest BCUT2D eigenvalue weighted by Crippen LogP contribution is -2.36. The number of nitrogens with zero attached hydrogens (tertiary/aromatic N) is 4. The van der Waals surface area contributed by atoms with E-state index in [1.807, 2.05) is 29.6 Å². The predicted octanol–water partition coefficient (Wildman–Crippen LogP) is 3.85. The highest BCUT2D eigenvalue weighted by molar-refractivity contribution is 7.09. The molecule has 2 aromatic heterocycles. The van der Waals surface area contributed by atoms with Gasteiger partial charge in [-0.3, -0.25) is 0 Å². The fourth-order valence-electron chi connectivity index (χ4n) is 3.85. The molecule has 0 radical (unpaired) electrons. The summed E-state index contributed by atoms with van der Waals surface area (Å²) in [5.74, 6) is 0. The van der Waals surface area contributed by atoms with Crippen LogP contribution in [-0.2, 0) is 10.3 Å². The zero-order valence-electron chi connectivity index (χ0n) is 16.7. The molecular formula is C23H22N4O2S. The van der Waals surface area contributed by atoms with Gasteiger partial charge >= 0.3 is 0 Å². The maximum atomic E-state index is 11.1. The molecule has 1 saturated heterocycles. The molecule has 2 aromatic carbocycles. The molecule has 5 rings (SSSR count). The molecule has 30 heavy (non-hydrogen) atoms. The van der Waals surface area contributed by atoms with E-state index in [4.69, 9.17) is 4.74 Å². The van der Waals surface area contributed by atoms with Crippen molar-refractivity contribution in [3.05, 3.63) is 70.9 Å². The lowest BCUT2D eigenvalue weighted by molar-refractivity contribution is 0.102. The summed E-state index contributed by atoms with van der Waals surface area (Å²) in [5.41, 5.74) is 3.47. The molecule has 7 heteroatoms. The minimum absolute atomic E-state index is 0.669. The van der Waals surface area contributed by atoms with Gasteiger partial charge in [-0.2, -0.15) is 0 Å². The van der Waals surface area contributed by atoms with Crippen LogP contribution in [0, 0.1) is 0 Å². The third-order valence-corrected chi connectivity index (χ3v) is 6.53. The van der Waals surface area contributed by atoms with Crippen molar-refractivity contribution in [2.75, 3.05) is 31.2 Å². The van der Waals surface area contributed by atoms with E-state index < -0.39 is 5.60 Å². The van der Waals surface area contributed by atoms with Gasteiger partial charge in [0.05, 0.1) is 24.4 Å². The molecule has 152 valence electrons. The molecule has 6 nitrogen and oxygen atoms in total. The zero-order chi connectivity index (χ0) is 20.6. The van der Waals surface area contributed by atoms with E-state index in [0.717, 1.165) is 59.7 Å². The van der Waals surface area contributed by atoms with E-state index in [1.165, 1.54) is 11.3 Å². The lowest BCUT2D eigenvalue weighted by atomic mass is 9.93. The number of ether oxygens (including phenoxy) is 1. The van der Waals surface area contributed by atoms with Gasteiger partial charge < -0.3 is 14.7 Å². The normalized spacial score (nSPS) is 16.5. The topological polar surface area (TPSA) is 71.4 Å².